The minimum absolute atomic E-state index is 0.0283. The number of carbonyl (C=O) groups excluding carboxylic acids is 3. The third-order valence-electron chi connectivity index (χ3n) is 8.18. The van der Waals surface area contributed by atoms with E-state index in [1.54, 1.807) is 4.90 Å². The lowest BCUT2D eigenvalue weighted by molar-refractivity contribution is -0.148. The van der Waals surface area contributed by atoms with Gasteiger partial charge in [0, 0.05) is 17.6 Å². The molecule has 3 heterocycles. The highest BCUT2D eigenvalue weighted by Gasteiger charge is 2.76. The van der Waals surface area contributed by atoms with Gasteiger partial charge in [0.15, 0.2) is 0 Å². The summed E-state index contributed by atoms with van der Waals surface area (Å²) >= 11 is 0. The van der Waals surface area contributed by atoms with Crippen molar-refractivity contribution in [1.82, 2.24) is 15.5 Å². The predicted molar refractivity (Wildman–Crippen MR) is 120 cm³/mol. The first-order valence-electron chi connectivity index (χ1n) is 12.4. The Hall–Kier alpha value is -1.89. The summed E-state index contributed by atoms with van der Waals surface area (Å²) in [6, 6.07) is -0.544. The lowest BCUT2D eigenvalue weighted by atomic mass is 9.70. The molecule has 2 bridgehead atoms. The van der Waals surface area contributed by atoms with Crippen molar-refractivity contribution in [3.8, 4) is 0 Å². The SMILES string of the molecule is CC(C)(C)NC(=O)[C@@H]1N(C2CCCC2)C(=O)[C@H]2[C@H](C(=O)NC3CCCC3)[C@@]3(C)C=C[C@@]12O3. The highest BCUT2D eigenvalue weighted by molar-refractivity contribution is 6.00. The van der Waals surface area contributed by atoms with Gasteiger partial charge in [0.25, 0.3) is 0 Å². The zero-order chi connectivity index (χ0) is 22.9. The highest BCUT2D eigenvalue weighted by Crippen LogP contribution is 2.60. The number of amides is 3. The molecular weight excluding hydrogens is 406 g/mol. The van der Waals surface area contributed by atoms with E-state index < -0.39 is 34.6 Å². The predicted octanol–water partition coefficient (Wildman–Crippen LogP) is 2.44. The van der Waals surface area contributed by atoms with Crippen LogP contribution in [0.25, 0.3) is 0 Å². The summed E-state index contributed by atoms with van der Waals surface area (Å²) < 4.78 is 6.58. The van der Waals surface area contributed by atoms with E-state index in [0.717, 1.165) is 51.4 Å². The third kappa shape index (κ3) is 3.22. The van der Waals surface area contributed by atoms with E-state index in [1.807, 2.05) is 39.8 Å². The van der Waals surface area contributed by atoms with Crippen LogP contribution in [0.2, 0.25) is 0 Å². The van der Waals surface area contributed by atoms with Crippen molar-refractivity contribution >= 4 is 17.7 Å². The molecule has 0 aromatic heterocycles. The molecule has 0 unspecified atom stereocenters. The van der Waals surface area contributed by atoms with Gasteiger partial charge >= 0.3 is 0 Å². The molecular formula is C25H37N3O4. The van der Waals surface area contributed by atoms with E-state index >= 15 is 0 Å². The van der Waals surface area contributed by atoms with E-state index in [0.29, 0.717) is 0 Å². The molecule has 2 saturated heterocycles. The first-order chi connectivity index (χ1) is 15.1. The van der Waals surface area contributed by atoms with Crippen molar-refractivity contribution in [2.75, 3.05) is 0 Å². The van der Waals surface area contributed by atoms with E-state index in [2.05, 4.69) is 10.6 Å². The molecule has 0 aromatic rings. The molecule has 32 heavy (non-hydrogen) atoms. The highest BCUT2D eigenvalue weighted by atomic mass is 16.5. The molecule has 176 valence electrons. The van der Waals surface area contributed by atoms with Crippen LogP contribution in [0.4, 0.5) is 0 Å². The smallest absolute Gasteiger partial charge is 0.246 e. The molecule has 7 heteroatoms. The summed E-state index contributed by atoms with van der Waals surface area (Å²) in [5.41, 5.74) is -2.38. The number of nitrogens with one attached hydrogen (secondary N) is 2. The van der Waals surface area contributed by atoms with Gasteiger partial charge in [-0.15, -0.1) is 0 Å². The number of nitrogens with zero attached hydrogens (tertiary/aromatic N) is 1. The average molecular weight is 444 g/mol. The summed E-state index contributed by atoms with van der Waals surface area (Å²) in [6.07, 6.45) is 12.0. The molecule has 4 fully saturated rings. The Labute approximate surface area is 190 Å². The number of rotatable bonds is 4. The number of fused-ring (bicyclic) bond motifs is 1. The van der Waals surface area contributed by atoms with Crippen LogP contribution in [0, 0.1) is 11.8 Å². The third-order valence-corrected chi connectivity index (χ3v) is 8.18. The zero-order valence-electron chi connectivity index (χ0n) is 19.8. The van der Waals surface area contributed by atoms with Crippen molar-refractivity contribution in [3.63, 3.8) is 0 Å². The van der Waals surface area contributed by atoms with E-state index in [-0.39, 0.29) is 29.8 Å². The minimum atomic E-state index is -1.08. The van der Waals surface area contributed by atoms with Crippen molar-refractivity contribution in [2.24, 2.45) is 11.8 Å². The lowest BCUT2D eigenvalue weighted by Crippen LogP contribution is -2.59. The molecule has 5 rings (SSSR count). The van der Waals surface area contributed by atoms with Crippen molar-refractivity contribution in [3.05, 3.63) is 12.2 Å². The molecule has 1 spiro atoms. The fourth-order valence-corrected chi connectivity index (χ4v) is 6.94. The second-order valence-electron chi connectivity index (χ2n) is 11.7. The molecule has 2 N–H and O–H groups in total. The summed E-state index contributed by atoms with van der Waals surface area (Å²) in [5, 5.41) is 6.30. The first kappa shape index (κ1) is 21.9. The maximum absolute atomic E-state index is 14.0. The van der Waals surface area contributed by atoms with Crippen LogP contribution in [-0.2, 0) is 19.1 Å². The Bertz CT molecular complexity index is 852. The standard InChI is InChI=1S/C25H37N3O4/c1-23(2,3)27-21(30)19-25-14-13-24(4,32-25)17(20(29)26-15-9-5-6-10-15)18(25)22(31)28(19)16-11-7-8-12-16/h13-19H,5-12H2,1-4H3,(H,26,29)(H,27,30)/t17-,18-,19+,24-,25+/m1/s1. The monoisotopic (exact) mass is 443 g/mol. The summed E-state index contributed by atoms with van der Waals surface area (Å²) in [5.74, 6) is -1.66. The van der Waals surface area contributed by atoms with Gasteiger partial charge in [0.1, 0.15) is 11.6 Å². The molecule has 7 nitrogen and oxygen atoms in total. The quantitative estimate of drug-likeness (QED) is 0.654. The van der Waals surface area contributed by atoms with Gasteiger partial charge in [-0.25, -0.2) is 0 Å². The molecule has 2 saturated carbocycles. The zero-order valence-corrected chi connectivity index (χ0v) is 19.8. The van der Waals surface area contributed by atoms with Gasteiger partial charge in [-0.1, -0.05) is 37.8 Å². The van der Waals surface area contributed by atoms with E-state index in [1.165, 1.54) is 0 Å². The summed E-state index contributed by atoms with van der Waals surface area (Å²) in [4.78, 5) is 42.9. The summed E-state index contributed by atoms with van der Waals surface area (Å²) in [6.45, 7) is 7.72. The fourth-order valence-electron chi connectivity index (χ4n) is 6.94. The van der Waals surface area contributed by atoms with Crippen molar-refractivity contribution < 1.29 is 19.1 Å². The van der Waals surface area contributed by atoms with Crippen LogP contribution in [0.3, 0.4) is 0 Å². The normalized spacial score (nSPS) is 39.2. The van der Waals surface area contributed by atoms with Gasteiger partial charge in [-0.2, -0.15) is 0 Å². The minimum Gasteiger partial charge on any atom is -0.356 e. The molecule has 0 aromatic carbocycles. The van der Waals surface area contributed by atoms with Crippen LogP contribution >= 0.6 is 0 Å². The second kappa shape index (κ2) is 7.31. The number of ether oxygens (including phenoxy) is 1. The number of carbonyl (C=O) groups is 3. The molecule has 3 aliphatic heterocycles. The largest absolute Gasteiger partial charge is 0.356 e. The number of likely N-dealkylation sites (tertiary alicyclic amines) is 1. The van der Waals surface area contributed by atoms with Gasteiger partial charge in [0.2, 0.25) is 17.7 Å². The second-order valence-corrected chi connectivity index (χ2v) is 11.7. The molecule has 0 radical (unpaired) electrons. The molecule has 5 atom stereocenters. The van der Waals surface area contributed by atoms with Crippen LogP contribution in [0.5, 0.6) is 0 Å². The maximum atomic E-state index is 14.0. The Kier molecular flexibility index (Phi) is 5.01. The molecule has 2 aliphatic carbocycles. The van der Waals surface area contributed by atoms with Gasteiger partial charge in [0.05, 0.1) is 17.4 Å². The molecule has 3 amide bonds. The Morgan fingerprint density at radius 2 is 1.66 bits per heavy atom. The van der Waals surface area contributed by atoms with Crippen LogP contribution < -0.4 is 10.6 Å². The van der Waals surface area contributed by atoms with Gasteiger partial charge in [-0.3, -0.25) is 14.4 Å². The van der Waals surface area contributed by atoms with Crippen LogP contribution in [-0.4, -0.2) is 57.5 Å². The van der Waals surface area contributed by atoms with Crippen molar-refractivity contribution in [2.45, 2.75) is 114 Å². The van der Waals surface area contributed by atoms with E-state index in [4.69, 9.17) is 4.74 Å². The maximum Gasteiger partial charge on any atom is 0.246 e. The Morgan fingerprint density at radius 3 is 2.28 bits per heavy atom. The first-order valence-corrected chi connectivity index (χ1v) is 12.4. The van der Waals surface area contributed by atoms with Crippen LogP contribution in [0.1, 0.15) is 79.1 Å². The summed E-state index contributed by atoms with van der Waals surface area (Å²) in [7, 11) is 0. The average Bonchev–Trinajstić information content (AvgIpc) is 3.47. The fraction of sp³-hybridized carbons (Fsp3) is 0.800. The number of hydrogen-bond donors (Lipinski definition) is 2. The number of hydrogen-bond acceptors (Lipinski definition) is 4. The lowest BCUT2D eigenvalue weighted by Gasteiger charge is -2.37. The Balaban J connectivity index is 1.52. The topological polar surface area (TPSA) is 87.7 Å². The van der Waals surface area contributed by atoms with Gasteiger partial charge in [-0.05, 0) is 53.4 Å². The molecule has 5 aliphatic rings. The van der Waals surface area contributed by atoms with Gasteiger partial charge < -0.3 is 20.3 Å². The Morgan fingerprint density at radius 1 is 1.03 bits per heavy atom. The van der Waals surface area contributed by atoms with Crippen molar-refractivity contribution in [1.29, 1.82) is 0 Å². The van der Waals surface area contributed by atoms with E-state index in [9.17, 15) is 14.4 Å². The van der Waals surface area contributed by atoms with Crippen LogP contribution in [0.15, 0.2) is 12.2 Å².